The monoisotopic (exact) mass is 737 g/mol. The van der Waals surface area contributed by atoms with Gasteiger partial charge in [0.05, 0.1) is 0 Å². The Morgan fingerprint density at radius 3 is 1.29 bits per heavy atom. The van der Waals surface area contributed by atoms with Crippen LogP contribution in [0.2, 0.25) is 0 Å². The van der Waals surface area contributed by atoms with E-state index in [9.17, 15) is 0 Å². The Balaban J connectivity index is 1.06. The Kier molecular flexibility index (Phi) is 8.15. The first-order valence-electron chi connectivity index (χ1n) is 19.7. The molecule has 0 fully saturated rings. The predicted octanol–water partition coefficient (Wildman–Crippen LogP) is 14.5. The molecule has 0 N–H and O–H groups in total. The second kappa shape index (κ2) is 14.1. The zero-order chi connectivity index (χ0) is 38.4. The molecule has 11 rings (SSSR count). The quantitative estimate of drug-likeness (QED) is 0.160. The predicted molar refractivity (Wildman–Crippen MR) is 242 cm³/mol. The number of aromatic nitrogens is 3. The van der Waals surface area contributed by atoms with Crippen LogP contribution in [0.1, 0.15) is 0 Å². The van der Waals surface area contributed by atoms with E-state index in [0.29, 0.717) is 17.5 Å². The molecule has 3 nitrogen and oxygen atoms in total. The van der Waals surface area contributed by atoms with Gasteiger partial charge in [-0.05, 0) is 94.7 Å². The van der Waals surface area contributed by atoms with Crippen molar-refractivity contribution in [3.05, 3.63) is 212 Å². The van der Waals surface area contributed by atoms with Gasteiger partial charge in [0.2, 0.25) is 0 Å². The van der Waals surface area contributed by atoms with E-state index in [1.807, 2.05) is 60.7 Å². The summed E-state index contributed by atoms with van der Waals surface area (Å²) in [4.78, 5) is 15.0. The average molecular weight is 738 g/mol. The van der Waals surface area contributed by atoms with Crippen molar-refractivity contribution in [3.8, 4) is 67.5 Å². The maximum atomic E-state index is 5.04. The molecule has 0 unspecified atom stereocenters. The molecular weight excluding hydrogens is 703 g/mol. The molecule has 0 saturated carbocycles. The maximum absolute atomic E-state index is 5.04. The van der Waals surface area contributed by atoms with Crippen LogP contribution in [0.4, 0.5) is 0 Å². The smallest absolute Gasteiger partial charge is 0.164 e. The lowest BCUT2D eigenvalue weighted by atomic mass is 9.87. The molecule has 3 heteroatoms. The Labute approximate surface area is 336 Å². The summed E-state index contributed by atoms with van der Waals surface area (Å²) in [5, 5.41) is 10.1. The van der Waals surface area contributed by atoms with E-state index >= 15 is 0 Å². The van der Waals surface area contributed by atoms with E-state index in [1.165, 1.54) is 59.8 Å². The molecule has 0 aliphatic carbocycles. The topological polar surface area (TPSA) is 38.7 Å². The van der Waals surface area contributed by atoms with Crippen LogP contribution in [0.5, 0.6) is 0 Å². The first-order valence-corrected chi connectivity index (χ1v) is 19.7. The van der Waals surface area contributed by atoms with E-state index in [0.717, 1.165) is 33.4 Å². The number of fused-ring (bicyclic) bond motifs is 7. The molecule has 10 aromatic carbocycles. The molecule has 0 aliphatic rings. The van der Waals surface area contributed by atoms with Crippen molar-refractivity contribution in [1.82, 2.24) is 15.0 Å². The minimum absolute atomic E-state index is 0.635. The van der Waals surface area contributed by atoms with Crippen molar-refractivity contribution in [2.24, 2.45) is 0 Å². The number of hydrogen-bond donors (Lipinski definition) is 0. The lowest BCUT2D eigenvalue weighted by Crippen LogP contribution is -2.00. The Morgan fingerprint density at radius 2 is 0.655 bits per heavy atom. The van der Waals surface area contributed by atoms with Gasteiger partial charge < -0.3 is 0 Å². The fourth-order valence-corrected chi connectivity index (χ4v) is 8.53. The van der Waals surface area contributed by atoms with Gasteiger partial charge in [-0.3, -0.25) is 0 Å². The van der Waals surface area contributed by atoms with Gasteiger partial charge in [0.1, 0.15) is 0 Å². The highest BCUT2D eigenvalue weighted by molar-refractivity contribution is 6.25. The summed E-state index contributed by atoms with van der Waals surface area (Å²) >= 11 is 0. The molecule has 0 spiro atoms. The summed E-state index contributed by atoms with van der Waals surface area (Å²) < 4.78 is 0. The number of hydrogen-bond acceptors (Lipinski definition) is 3. The molecule has 0 aliphatic heterocycles. The second-order valence-corrected chi connectivity index (χ2v) is 14.8. The lowest BCUT2D eigenvalue weighted by molar-refractivity contribution is 1.07. The zero-order valence-corrected chi connectivity index (χ0v) is 31.5. The largest absolute Gasteiger partial charge is 0.208 e. The third-order valence-corrected chi connectivity index (χ3v) is 11.3. The van der Waals surface area contributed by atoms with E-state index in [1.54, 1.807) is 0 Å². The minimum Gasteiger partial charge on any atom is -0.208 e. The fourth-order valence-electron chi connectivity index (χ4n) is 8.53. The second-order valence-electron chi connectivity index (χ2n) is 14.8. The van der Waals surface area contributed by atoms with Crippen molar-refractivity contribution < 1.29 is 0 Å². The van der Waals surface area contributed by atoms with Crippen LogP contribution in [-0.4, -0.2) is 15.0 Å². The van der Waals surface area contributed by atoms with E-state index in [2.05, 4.69) is 152 Å². The Bertz CT molecular complexity index is 3240. The standard InChI is InChI=1S/C55H35N3/c1-3-16-37(17-4-1)53-56-54(38-18-5-2-6-19-38)58-55(57-53)43-23-14-21-41(34-43)45-31-29-36-15-7-8-24-44(36)52(45)42-22-13-20-39(33-42)40-30-32-50-48-27-10-9-25-46(48)47-26-11-12-28-49(47)51(50)35-40/h1-35H. The summed E-state index contributed by atoms with van der Waals surface area (Å²) in [6, 6.07) is 75.5. The van der Waals surface area contributed by atoms with Gasteiger partial charge in [-0.1, -0.05) is 194 Å². The van der Waals surface area contributed by atoms with Gasteiger partial charge in [0.15, 0.2) is 17.5 Å². The van der Waals surface area contributed by atoms with Gasteiger partial charge in [0.25, 0.3) is 0 Å². The molecule has 58 heavy (non-hydrogen) atoms. The number of nitrogens with zero attached hydrogens (tertiary/aromatic N) is 3. The summed E-state index contributed by atoms with van der Waals surface area (Å²) in [6.45, 7) is 0. The lowest BCUT2D eigenvalue weighted by Gasteiger charge is -2.16. The van der Waals surface area contributed by atoms with Crippen molar-refractivity contribution in [3.63, 3.8) is 0 Å². The highest BCUT2D eigenvalue weighted by atomic mass is 15.0. The fraction of sp³-hybridized carbons (Fsp3) is 0. The Morgan fingerprint density at radius 1 is 0.224 bits per heavy atom. The minimum atomic E-state index is 0.635. The average Bonchev–Trinajstić information content (AvgIpc) is 3.31. The van der Waals surface area contributed by atoms with Crippen LogP contribution in [0, 0.1) is 0 Å². The molecule has 1 heterocycles. The molecule has 270 valence electrons. The molecule has 0 amide bonds. The van der Waals surface area contributed by atoms with Crippen LogP contribution in [-0.2, 0) is 0 Å². The van der Waals surface area contributed by atoms with Crippen molar-refractivity contribution >= 4 is 43.1 Å². The van der Waals surface area contributed by atoms with Gasteiger partial charge in [-0.25, -0.2) is 15.0 Å². The van der Waals surface area contributed by atoms with Crippen molar-refractivity contribution in [1.29, 1.82) is 0 Å². The van der Waals surface area contributed by atoms with Crippen LogP contribution >= 0.6 is 0 Å². The SMILES string of the molecule is c1ccc(-c2nc(-c3ccccc3)nc(-c3cccc(-c4ccc5ccccc5c4-c4cccc(-c5ccc6c7ccccc7c7ccccc7c6c5)c4)c3)n2)cc1. The zero-order valence-electron chi connectivity index (χ0n) is 31.5. The molecule has 11 aromatic rings. The molecule has 0 bridgehead atoms. The molecule has 1 aromatic heterocycles. The van der Waals surface area contributed by atoms with Gasteiger partial charge in [0, 0.05) is 16.7 Å². The van der Waals surface area contributed by atoms with Gasteiger partial charge in [-0.15, -0.1) is 0 Å². The van der Waals surface area contributed by atoms with Crippen LogP contribution in [0.15, 0.2) is 212 Å². The highest BCUT2D eigenvalue weighted by Gasteiger charge is 2.17. The van der Waals surface area contributed by atoms with Gasteiger partial charge in [-0.2, -0.15) is 0 Å². The third-order valence-electron chi connectivity index (χ3n) is 11.3. The summed E-state index contributed by atoms with van der Waals surface area (Å²) in [6.07, 6.45) is 0. The van der Waals surface area contributed by atoms with Crippen LogP contribution < -0.4 is 0 Å². The van der Waals surface area contributed by atoms with Crippen molar-refractivity contribution in [2.45, 2.75) is 0 Å². The maximum Gasteiger partial charge on any atom is 0.164 e. The first-order chi connectivity index (χ1) is 28.7. The summed E-state index contributed by atoms with van der Waals surface area (Å²) in [7, 11) is 0. The van der Waals surface area contributed by atoms with E-state index in [-0.39, 0.29) is 0 Å². The van der Waals surface area contributed by atoms with Crippen LogP contribution in [0.25, 0.3) is 111 Å². The summed E-state index contributed by atoms with van der Waals surface area (Å²) in [5.41, 5.74) is 9.79. The van der Waals surface area contributed by atoms with Crippen molar-refractivity contribution in [2.75, 3.05) is 0 Å². The molecule has 0 saturated heterocycles. The van der Waals surface area contributed by atoms with E-state index in [4.69, 9.17) is 15.0 Å². The third kappa shape index (κ3) is 5.89. The number of rotatable bonds is 6. The molecule has 0 atom stereocenters. The highest BCUT2D eigenvalue weighted by Crippen LogP contribution is 2.42. The van der Waals surface area contributed by atoms with Crippen LogP contribution in [0.3, 0.4) is 0 Å². The normalized spacial score (nSPS) is 11.4. The van der Waals surface area contributed by atoms with E-state index < -0.39 is 0 Å². The van der Waals surface area contributed by atoms with Gasteiger partial charge >= 0.3 is 0 Å². The summed E-state index contributed by atoms with van der Waals surface area (Å²) in [5.74, 6) is 1.93. The number of benzene rings is 10. The Hall–Kier alpha value is -7.75. The first kappa shape index (κ1) is 33.6. The molecular formula is C55H35N3. The molecule has 0 radical (unpaired) electrons.